The molecule has 1 aliphatic heterocycles. The summed E-state index contributed by atoms with van der Waals surface area (Å²) in [5.74, 6) is 0. The molecule has 1 unspecified atom stereocenters. The normalized spacial score (nSPS) is 26.5. The molecule has 1 fully saturated rings. The second-order valence-electron chi connectivity index (χ2n) is 5.31. The molecule has 100 valence electrons. The first-order valence-corrected chi connectivity index (χ1v) is 5.60. The minimum absolute atomic E-state index is 0.108. The van der Waals surface area contributed by atoms with Gasteiger partial charge in [-0.05, 0) is 20.8 Å². The highest BCUT2D eigenvalue weighted by atomic mass is 19.1. The zero-order valence-electron chi connectivity index (χ0n) is 10.5. The topological polar surface area (TPSA) is 59.0 Å². The van der Waals surface area contributed by atoms with Crippen LogP contribution in [-0.2, 0) is 9.47 Å². The molecule has 0 bridgehead atoms. The number of hydrogen-bond donors (Lipinski definition) is 1. The molecule has 1 aliphatic rings. The second-order valence-corrected chi connectivity index (χ2v) is 5.31. The van der Waals surface area contributed by atoms with Crippen molar-refractivity contribution in [1.29, 1.82) is 0 Å². The molecule has 0 aromatic heterocycles. The molecular weight excluding hydrogens is 229 g/mol. The Morgan fingerprint density at radius 1 is 1.59 bits per heavy atom. The van der Waals surface area contributed by atoms with Gasteiger partial charge in [-0.15, -0.1) is 0 Å². The van der Waals surface area contributed by atoms with E-state index < -0.39 is 24.0 Å². The number of β-amino-alcohol motifs (C(OH)–C–C–N with tert-alkyl or cyclic N) is 1. The monoisotopic (exact) mass is 249 g/mol. The summed E-state index contributed by atoms with van der Waals surface area (Å²) in [4.78, 5) is 13.1. The zero-order chi connectivity index (χ0) is 13.1. The molecule has 1 rings (SSSR count). The highest BCUT2D eigenvalue weighted by molar-refractivity contribution is 5.68. The van der Waals surface area contributed by atoms with Gasteiger partial charge in [0.15, 0.2) is 0 Å². The number of carbonyl (C=O) groups is 1. The number of carbonyl (C=O) groups excluding carboxylic acids is 1. The first-order chi connectivity index (χ1) is 7.76. The summed E-state index contributed by atoms with van der Waals surface area (Å²) in [6, 6.07) is 0. The van der Waals surface area contributed by atoms with Crippen molar-refractivity contribution in [2.24, 2.45) is 0 Å². The fraction of sp³-hybridized carbons (Fsp3) is 0.909. The largest absolute Gasteiger partial charge is 0.444 e. The number of rotatable bonds is 1. The van der Waals surface area contributed by atoms with E-state index in [9.17, 15) is 14.3 Å². The minimum Gasteiger partial charge on any atom is -0.444 e. The molecule has 0 spiro atoms. The molecule has 17 heavy (non-hydrogen) atoms. The van der Waals surface area contributed by atoms with Crippen LogP contribution < -0.4 is 0 Å². The van der Waals surface area contributed by atoms with Crippen molar-refractivity contribution in [3.05, 3.63) is 0 Å². The number of nitrogens with zero attached hydrogens (tertiary/aromatic N) is 1. The summed E-state index contributed by atoms with van der Waals surface area (Å²) >= 11 is 0. The fourth-order valence-corrected chi connectivity index (χ4v) is 1.48. The number of hydrogen-bond acceptors (Lipinski definition) is 4. The molecule has 1 heterocycles. The van der Waals surface area contributed by atoms with Crippen molar-refractivity contribution in [2.75, 3.05) is 33.0 Å². The highest BCUT2D eigenvalue weighted by Crippen LogP contribution is 2.16. The maximum absolute atomic E-state index is 12.7. The third kappa shape index (κ3) is 4.47. The molecule has 0 radical (unpaired) electrons. The zero-order valence-corrected chi connectivity index (χ0v) is 10.5. The smallest absolute Gasteiger partial charge is 0.410 e. The maximum atomic E-state index is 12.7. The summed E-state index contributed by atoms with van der Waals surface area (Å²) in [5, 5.41) is 9.83. The fourth-order valence-electron chi connectivity index (χ4n) is 1.48. The Hall–Kier alpha value is -0.880. The number of alkyl halides is 1. The number of amides is 1. The van der Waals surface area contributed by atoms with Crippen molar-refractivity contribution >= 4 is 6.09 Å². The first kappa shape index (κ1) is 14.2. The summed E-state index contributed by atoms with van der Waals surface area (Å²) in [5.41, 5.74) is -2.24. The molecular formula is C11H20FNO4. The Morgan fingerprint density at radius 3 is 2.76 bits per heavy atom. The van der Waals surface area contributed by atoms with Gasteiger partial charge in [0.2, 0.25) is 0 Å². The van der Waals surface area contributed by atoms with Crippen LogP contribution in [0.5, 0.6) is 0 Å². The van der Waals surface area contributed by atoms with Crippen LogP contribution >= 0.6 is 0 Å². The van der Waals surface area contributed by atoms with E-state index in [-0.39, 0.29) is 26.3 Å². The van der Waals surface area contributed by atoms with Crippen LogP contribution in [0.15, 0.2) is 0 Å². The maximum Gasteiger partial charge on any atom is 0.410 e. The van der Waals surface area contributed by atoms with Gasteiger partial charge in [0.1, 0.15) is 17.9 Å². The van der Waals surface area contributed by atoms with Gasteiger partial charge in [-0.3, -0.25) is 0 Å². The summed E-state index contributed by atoms with van der Waals surface area (Å²) in [6.07, 6.45) is -0.560. The predicted octanol–water partition coefficient (Wildman–Crippen LogP) is 0.954. The van der Waals surface area contributed by atoms with Crippen molar-refractivity contribution in [3.8, 4) is 0 Å². The number of aliphatic hydroxyl groups is 1. The SMILES string of the molecule is CC(C)(C)OC(=O)N1CCOCC(O)(CF)C1. The van der Waals surface area contributed by atoms with Crippen molar-refractivity contribution < 1.29 is 23.8 Å². The van der Waals surface area contributed by atoms with Gasteiger partial charge >= 0.3 is 6.09 Å². The van der Waals surface area contributed by atoms with Crippen LogP contribution in [0.25, 0.3) is 0 Å². The molecule has 1 amide bonds. The lowest BCUT2D eigenvalue weighted by molar-refractivity contribution is -0.0536. The van der Waals surface area contributed by atoms with Crippen LogP contribution in [0.2, 0.25) is 0 Å². The lowest BCUT2D eigenvalue weighted by atomic mass is 10.1. The van der Waals surface area contributed by atoms with E-state index in [4.69, 9.17) is 9.47 Å². The molecule has 1 atom stereocenters. The average molecular weight is 249 g/mol. The van der Waals surface area contributed by atoms with Gasteiger partial charge in [0.05, 0.1) is 19.8 Å². The van der Waals surface area contributed by atoms with E-state index in [1.165, 1.54) is 4.90 Å². The molecule has 0 saturated carbocycles. The van der Waals surface area contributed by atoms with E-state index in [1.807, 2.05) is 0 Å². The summed E-state index contributed by atoms with van der Waals surface area (Å²) in [7, 11) is 0. The van der Waals surface area contributed by atoms with Gasteiger partial charge < -0.3 is 19.5 Å². The predicted molar refractivity (Wildman–Crippen MR) is 59.6 cm³/mol. The molecule has 0 aromatic rings. The molecule has 5 nitrogen and oxygen atoms in total. The first-order valence-electron chi connectivity index (χ1n) is 5.60. The number of halogens is 1. The van der Waals surface area contributed by atoms with Gasteiger partial charge in [0.25, 0.3) is 0 Å². The quantitative estimate of drug-likeness (QED) is 0.752. The molecule has 1 N–H and O–H groups in total. The molecule has 0 aliphatic carbocycles. The third-order valence-corrected chi connectivity index (χ3v) is 2.26. The molecule has 6 heteroatoms. The van der Waals surface area contributed by atoms with E-state index in [1.54, 1.807) is 20.8 Å². The minimum atomic E-state index is -1.63. The number of ether oxygens (including phenoxy) is 2. The molecule has 1 saturated heterocycles. The van der Waals surface area contributed by atoms with Crippen molar-refractivity contribution in [2.45, 2.75) is 32.0 Å². The van der Waals surface area contributed by atoms with E-state index in [0.29, 0.717) is 0 Å². The van der Waals surface area contributed by atoms with Crippen LogP contribution in [0.3, 0.4) is 0 Å². The Bertz CT molecular complexity index is 279. The second kappa shape index (κ2) is 5.18. The summed E-state index contributed by atoms with van der Waals surface area (Å²) < 4.78 is 22.9. The Kier molecular flexibility index (Phi) is 4.32. The van der Waals surface area contributed by atoms with Gasteiger partial charge in [-0.25, -0.2) is 9.18 Å². The van der Waals surface area contributed by atoms with Crippen LogP contribution in [0, 0.1) is 0 Å². The van der Waals surface area contributed by atoms with Gasteiger partial charge in [-0.1, -0.05) is 0 Å². The third-order valence-electron chi connectivity index (χ3n) is 2.26. The molecule has 0 aromatic carbocycles. The lowest BCUT2D eigenvalue weighted by Crippen LogP contribution is -2.49. The van der Waals surface area contributed by atoms with Gasteiger partial charge in [0, 0.05) is 6.54 Å². The van der Waals surface area contributed by atoms with Gasteiger partial charge in [-0.2, -0.15) is 0 Å². The highest BCUT2D eigenvalue weighted by Gasteiger charge is 2.36. The van der Waals surface area contributed by atoms with Crippen LogP contribution in [-0.4, -0.2) is 60.3 Å². The Labute approximate surface area is 100 Å². The Balaban J connectivity index is 2.66. The lowest BCUT2D eigenvalue weighted by Gasteiger charge is -2.30. The van der Waals surface area contributed by atoms with Crippen LogP contribution in [0.4, 0.5) is 9.18 Å². The van der Waals surface area contributed by atoms with E-state index in [0.717, 1.165) is 0 Å². The summed E-state index contributed by atoms with van der Waals surface area (Å²) in [6.45, 7) is 4.63. The average Bonchev–Trinajstić information content (AvgIpc) is 2.39. The van der Waals surface area contributed by atoms with Crippen molar-refractivity contribution in [1.82, 2.24) is 4.90 Å². The van der Waals surface area contributed by atoms with Crippen molar-refractivity contribution in [3.63, 3.8) is 0 Å². The standard InChI is InChI=1S/C11H20FNO4/c1-10(2,3)17-9(14)13-4-5-16-8-11(15,6-12)7-13/h15H,4-8H2,1-3H3. The Morgan fingerprint density at radius 2 is 2.24 bits per heavy atom. The van der Waals surface area contributed by atoms with Crippen LogP contribution in [0.1, 0.15) is 20.8 Å². The van der Waals surface area contributed by atoms with E-state index in [2.05, 4.69) is 0 Å². The van der Waals surface area contributed by atoms with E-state index >= 15 is 0 Å².